The first-order valence-corrected chi connectivity index (χ1v) is 7.42. The number of rotatable bonds is 7. The summed E-state index contributed by atoms with van der Waals surface area (Å²) in [6, 6.07) is 9.70. The molecule has 5 heteroatoms. The second kappa shape index (κ2) is 7.02. The number of carbonyl (C=O) groups is 1. The highest BCUT2D eigenvalue weighted by Crippen LogP contribution is 2.26. The molecule has 0 aliphatic carbocycles. The van der Waals surface area contributed by atoms with Crippen LogP contribution in [0.3, 0.4) is 0 Å². The molecule has 2 atom stereocenters. The zero-order valence-corrected chi connectivity index (χ0v) is 12.8. The molecule has 0 bridgehead atoms. The van der Waals surface area contributed by atoms with Crippen LogP contribution in [0.15, 0.2) is 30.3 Å². The van der Waals surface area contributed by atoms with E-state index in [0.717, 1.165) is 31.6 Å². The summed E-state index contributed by atoms with van der Waals surface area (Å²) < 4.78 is 5.38. The summed E-state index contributed by atoms with van der Waals surface area (Å²) in [6.07, 6.45) is 2.00. The van der Waals surface area contributed by atoms with Gasteiger partial charge in [0.2, 0.25) is 5.91 Å². The van der Waals surface area contributed by atoms with Crippen LogP contribution in [0.2, 0.25) is 0 Å². The predicted octanol–water partition coefficient (Wildman–Crippen LogP) is 0.697. The first-order chi connectivity index (χ1) is 10.1. The van der Waals surface area contributed by atoms with Crippen LogP contribution in [0.1, 0.15) is 18.4 Å². The lowest BCUT2D eigenvalue weighted by Crippen LogP contribution is -2.52. The Balaban J connectivity index is 2.09. The van der Waals surface area contributed by atoms with Crippen molar-refractivity contribution in [3.05, 3.63) is 35.9 Å². The monoisotopic (exact) mass is 291 g/mol. The Labute approximate surface area is 126 Å². The first-order valence-electron chi connectivity index (χ1n) is 7.42. The fourth-order valence-corrected chi connectivity index (χ4v) is 3.04. The van der Waals surface area contributed by atoms with Crippen LogP contribution in [0, 0.1) is 0 Å². The van der Waals surface area contributed by atoms with Gasteiger partial charge in [-0.25, -0.2) is 0 Å². The molecule has 2 rings (SSSR count). The molecule has 1 aliphatic heterocycles. The van der Waals surface area contributed by atoms with Crippen LogP contribution in [-0.4, -0.2) is 50.7 Å². The summed E-state index contributed by atoms with van der Waals surface area (Å²) in [5.41, 5.74) is 5.81. The molecule has 116 valence electrons. The minimum Gasteiger partial charge on any atom is -0.380 e. The van der Waals surface area contributed by atoms with Gasteiger partial charge < -0.3 is 20.7 Å². The van der Waals surface area contributed by atoms with Crippen LogP contribution < -0.4 is 11.1 Å². The number of benzene rings is 1. The normalized spacial score (nSPS) is 22.1. The van der Waals surface area contributed by atoms with Crippen LogP contribution in [0.4, 0.5) is 0 Å². The largest absolute Gasteiger partial charge is 0.380 e. The molecule has 1 fully saturated rings. The Morgan fingerprint density at radius 2 is 2.19 bits per heavy atom. The lowest BCUT2D eigenvalue weighted by molar-refractivity contribution is -0.125. The van der Waals surface area contributed by atoms with Gasteiger partial charge in [0, 0.05) is 26.7 Å². The number of nitrogens with two attached hydrogens (primary N) is 1. The number of hydrogen-bond donors (Lipinski definition) is 2. The zero-order valence-electron chi connectivity index (χ0n) is 12.8. The van der Waals surface area contributed by atoms with Crippen LogP contribution in [0.5, 0.6) is 0 Å². The molecule has 1 saturated heterocycles. The van der Waals surface area contributed by atoms with E-state index in [1.807, 2.05) is 30.3 Å². The molecule has 3 N–H and O–H groups in total. The molecule has 1 aromatic carbocycles. The summed E-state index contributed by atoms with van der Waals surface area (Å²) in [4.78, 5) is 14.4. The number of methoxy groups -OCH3 is 1. The van der Waals surface area contributed by atoms with Crippen molar-refractivity contribution >= 4 is 5.91 Å². The highest BCUT2D eigenvalue weighted by atomic mass is 16.5. The van der Waals surface area contributed by atoms with Crippen LogP contribution in [-0.2, 0) is 15.1 Å². The van der Waals surface area contributed by atoms with Gasteiger partial charge in [-0.1, -0.05) is 30.3 Å². The van der Waals surface area contributed by atoms with Crippen molar-refractivity contribution < 1.29 is 9.53 Å². The summed E-state index contributed by atoms with van der Waals surface area (Å²) in [6.45, 7) is 2.74. The van der Waals surface area contributed by atoms with Crippen LogP contribution >= 0.6 is 0 Å². The van der Waals surface area contributed by atoms with E-state index in [2.05, 4.69) is 10.2 Å². The molecule has 5 nitrogen and oxygen atoms in total. The fourth-order valence-electron chi connectivity index (χ4n) is 3.04. The average Bonchev–Trinajstić information content (AvgIpc) is 2.97. The van der Waals surface area contributed by atoms with Crippen molar-refractivity contribution in [3.63, 3.8) is 0 Å². The molecule has 0 spiro atoms. The van der Waals surface area contributed by atoms with E-state index in [9.17, 15) is 4.79 Å². The van der Waals surface area contributed by atoms with Gasteiger partial charge in [0.1, 0.15) is 5.54 Å². The van der Waals surface area contributed by atoms with E-state index < -0.39 is 5.54 Å². The van der Waals surface area contributed by atoms with Gasteiger partial charge in [0.05, 0.1) is 6.10 Å². The van der Waals surface area contributed by atoms with Crippen molar-refractivity contribution in [2.45, 2.75) is 24.5 Å². The number of ether oxygens (including phenoxy) is 1. The summed E-state index contributed by atoms with van der Waals surface area (Å²) in [5, 5.41) is 3.15. The third-order valence-corrected chi connectivity index (χ3v) is 4.48. The molecule has 1 aromatic rings. The Kier molecular flexibility index (Phi) is 5.33. The number of carbonyl (C=O) groups excluding carboxylic acids is 1. The molecule has 1 aliphatic rings. The van der Waals surface area contributed by atoms with Gasteiger partial charge in [-0.05, 0) is 25.5 Å². The van der Waals surface area contributed by atoms with E-state index in [0.29, 0.717) is 12.5 Å². The van der Waals surface area contributed by atoms with Gasteiger partial charge in [-0.15, -0.1) is 0 Å². The molecule has 0 aromatic heterocycles. The SMILES string of the molecule is CNC(CCN1CCC(OC)C1)(C(N)=O)c1ccccc1. The van der Waals surface area contributed by atoms with Gasteiger partial charge in [-0.3, -0.25) is 4.79 Å². The summed E-state index contributed by atoms with van der Waals surface area (Å²) in [5.74, 6) is -0.335. The van der Waals surface area contributed by atoms with E-state index in [1.165, 1.54) is 0 Å². The van der Waals surface area contributed by atoms with Crippen LogP contribution in [0.25, 0.3) is 0 Å². The van der Waals surface area contributed by atoms with Gasteiger partial charge >= 0.3 is 0 Å². The standard InChI is InChI=1S/C16H25N3O2/c1-18-16(15(17)20,13-6-4-3-5-7-13)9-11-19-10-8-14(12-19)21-2/h3-7,14,18H,8-12H2,1-2H3,(H2,17,20). The van der Waals surface area contributed by atoms with Gasteiger partial charge in [0.15, 0.2) is 0 Å². The topological polar surface area (TPSA) is 67.6 Å². The van der Waals surface area contributed by atoms with Gasteiger partial charge in [0.25, 0.3) is 0 Å². The van der Waals surface area contributed by atoms with Crippen molar-refractivity contribution in [1.82, 2.24) is 10.2 Å². The highest BCUT2D eigenvalue weighted by Gasteiger charge is 2.37. The average molecular weight is 291 g/mol. The molecule has 1 heterocycles. The quantitative estimate of drug-likeness (QED) is 0.776. The first kappa shape index (κ1) is 15.9. The number of likely N-dealkylation sites (N-methyl/N-ethyl adjacent to an activating group) is 1. The molecular weight excluding hydrogens is 266 g/mol. The minimum atomic E-state index is -0.813. The predicted molar refractivity (Wildman–Crippen MR) is 82.8 cm³/mol. The number of nitrogens with one attached hydrogen (secondary N) is 1. The van der Waals surface area contributed by atoms with E-state index >= 15 is 0 Å². The van der Waals surface area contributed by atoms with Crippen molar-refractivity contribution in [2.75, 3.05) is 33.8 Å². The third kappa shape index (κ3) is 3.43. The van der Waals surface area contributed by atoms with Gasteiger partial charge in [-0.2, -0.15) is 0 Å². The molecular formula is C16H25N3O2. The lowest BCUT2D eigenvalue weighted by atomic mass is 9.85. The molecule has 0 saturated carbocycles. The highest BCUT2D eigenvalue weighted by molar-refractivity contribution is 5.86. The minimum absolute atomic E-state index is 0.305. The number of primary amides is 1. The maximum Gasteiger partial charge on any atom is 0.242 e. The summed E-state index contributed by atoms with van der Waals surface area (Å²) >= 11 is 0. The maximum absolute atomic E-state index is 12.1. The Morgan fingerprint density at radius 3 is 2.71 bits per heavy atom. The fraction of sp³-hybridized carbons (Fsp3) is 0.562. The maximum atomic E-state index is 12.1. The van der Waals surface area contributed by atoms with Crippen molar-refractivity contribution in [3.8, 4) is 0 Å². The number of amides is 1. The van der Waals surface area contributed by atoms with Crippen molar-refractivity contribution in [2.24, 2.45) is 5.73 Å². The lowest BCUT2D eigenvalue weighted by Gasteiger charge is -2.32. The molecule has 21 heavy (non-hydrogen) atoms. The zero-order chi connectivity index (χ0) is 15.3. The third-order valence-electron chi connectivity index (χ3n) is 4.48. The molecule has 0 radical (unpaired) electrons. The number of hydrogen-bond acceptors (Lipinski definition) is 4. The Morgan fingerprint density at radius 1 is 1.48 bits per heavy atom. The Bertz CT molecular complexity index is 466. The number of nitrogens with zero attached hydrogens (tertiary/aromatic N) is 1. The molecule has 1 amide bonds. The van der Waals surface area contributed by atoms with E-state index in [4.69, 9.17) is 10.5 Å². The summed E-state index contributed by atoms with van der Waals surface area (Å²) in [7, 11) is 3.54. The Hall–Kier alpha value is -1.43. The van der Waals surface area contributed by atoms with E-state index in [1.54, 1.807) is 14.2 Å². The number of likely N-dealkylation sites (tertiary alicyclic amines) is 1. The van der Waals surface area contributed by atoms with Crippen molar-refractivity contribution in [1.29, 1.82) is 0 Å². The van der Waals surface area contributed by atoms with E-state index in [-0.39, 0.29) is 5.91 Å². The second-order valence-electron chi connectivity index (χ2n) is 5.58. The molecule has 2 unspecified atom stereocenters. The second-order valence-corrected chi connectivity index (χ2v) is 5.58. The smallest absolute Gasteiger partial charge is 0.242 e.